The maximum Gasteiger partial charge on any atom is 0.341 e. The topological polar surface area (TPSA) is 81.8 Å². The van der Waals surface area contributed by atoms with Gasteiger partial charge < -0.3 is 20.3 Å². The Hall–Kier alpha value is -1.75. The third-order valence-electron chi connectivity index (χ3n) is 2.22. The van der Waals surface area contributed by atoms with E-state index in [9.17, 15) is 9.90 Å². The lowest BCUT2D eigenvalue weighted by molar-refractivity contribution is 0.0597. The Bertz CT molecular complexity index is 390. The van der Waals surface area contributed by atoms with Gasteiger partial charge in [0.1, 0.15) is 17.1 Å². The molecule has 0 heterocycles. The minimum Gasteiger partial charge on any atom is -0.508 e. The van der Waals surface area contributed by atoms with Gasteiger partial charge in [-0.2, -0.15) is 0 Å². The minimum atomic E-state index is -0.505. The van der Waals surface area contributed by atoms with E-state index in [4.69, 9.17) is 10.5 Å². The van der Waals surface area contributed by atoms with Crippen LogP contribution in [0.3, 0.4) is 0 Å². The summed E-state index contributed by atoms with van der Waals surface area (Å²) in [5.74, 6) is -0.157. The largest absolute Gasteiger partial charge is 0.508 e. The second-order valence-corrected chi connectivity index (χ2v) is 3.21. The molecule has 5 heteroatoms. The van der Waals surface area contributed by atoms with Gasteiger partial charge in [-0.25, -0.2) is 4.79 Å². The number of phenolic OH excluding ortho intramolecular Hbond substituents is 1. The summed E-state index contributed by atoms with van der Waals surface area (Å²) in [5.41, 5.74) is 6.28. The molecule has 0 saturated carbocycles. The van der Waals surface area contributed by atoms with Crippen LogP contribution in [0.25, 0.3) is 0 Å². The first-order valence-corrected chi connectivity index (χ1v) is 4.82. The Morgan fingerprint density at radius 1 is 1.44 bits per heavy atom. The first-order valence-electron chi connectivity index (χ1n) is 4.82. The molecule has 0 unspecified atom stereocenters. The van der Waals surface area contributed by atoms with Crippen molar-refractivity contribution in [1.82, 2.24) is 0 Å². The van der Waals surface area contributed by atoms with Crippen LogP contribution in [-0.2, 0) is 11.2 Å². The number of ether oxygens (including phenoxy) is 2. The Morgan fingerprint density at radius 2 is 2.12 bits per heavy atom. The molecule has 1 aromatic rings. The highest BCUT2D eigenvalue weighted by Gasteiger charge is 2.16. The van der Waals surface area contributed by atoms with Gasteiger partial charge in [0.15, 0.2) is 0 Å². The van der Waals surface area contributed by atoms with Crippen LogP contribution < -0.4 is 10.5 Å². The lowest BCUT2D eigenvalue weighted by atomic mass is 10.1. The highest BCUT2D eigenvalue weighted by atomic mass is 16.5. The minimum absolute atomic E-state index is 0.0648. The van der Waals surface area contributed by atoms with Gasteiger partial charge in [0.05, 0.1) is 14.2 Å². The van der Waals surface area contributed by atoms with Crippen molar-refractivity contribution in [3.63, 3.8) is 0 Å². The lowest BCUT2D eigenvalue weighted by Gasteiger charge is -2.10. The van der Waals surface area contributed by atoms with Crippen molar-refractivity contribution in [1.29, 1.82) is 0 Å². The molecule has 0 aliphatic rings. The molecule has 0 saturated heterocycles. The van der Waals surface area contributed by atoms with E-state index in [1.165, 1.54) is 26.4 Å². The summed E-state index contributed by atoms with van der Waals surface area (Å²) >= 11 is 0. The van der Waals surface area contributed by atoms with Gasteiger partial charge in [-0.3, -0.25) is 0 Å². The van der Waals surface area contributed by atoms with Crippen LogP contribution in [0.5, 0.6) is 11.5 Å². The Morgan fingerprint density at radius 3 is 2.62 bits per heavy atom. The average molecular weight is 225 g/mol. The Balaban J connectivity index is 3.22. The monoisotopic (exact) mass is 225 g/mol. The van der Waals surface area contributed by atoms with Crippen molar-refractivity contribution >= 4 is 5.97 Å². The predicted molar refractivity (Wildman–Crippen MR) is 58.8 cm³/mol. The van der Waals surface area contributed by atoms with Gasteiger partial charge in [-0.05, 0) is 24.6 Å². The quantitative estimate of drug-likeness (QED) is 0.737. The van der Waals surface area contributed by atoms with Crippen molar-refractivity contribution in [2.24, 2.45) is 5.73 Å². The average Bonchev–Trinajstić information content (AvgIpc) is 2.30. The van der Waals surface area contributed by atoms with Crippen LogP contribution in [0.15, 0.2) is 12.1 Å². The summed E-state index contributed by atoms with van der Waals surface area (Å²) < 4.78 is 9.61. The van der Waals surface area contributed by atoms with E-state index < -0.39 is 5.97 Å². The normalized spacial score (nSPS) is 9.94. The first kappa shape index (κ1) is 12.3. The molecule has 0 fully saturated rings. The summed E-state index contributed by atoms with van der Waals surface area (Å²) in [6.45, 7) is 0.389. The summed E-state index contributed by atoms with van der Waals surface area (Å²) in [6, 6.07) is 2.92. The molecule has 16 heavy (non-hydrogen) atoms. The molecule has 0 radical (unpaired) electrons. The van der Waals surface area contributed by atoms with E-state index >= 15 is 0 Å². The standard InChI is InChI=1S/C11H15NO4/c1-15-10-6-9(13)7(3-4-12)5-8(10)11(14)16-2/h5-6,13H,3-4,12H2,1-2H3. The van der Waals surface area contributed by atoms with Gasteiger partial charge in [0.25, 0.3) is 0 Å². The number of methoxy groups -OCH3 is 2. The second kappa shape index (κ2) is 5.37. The number of carbonyl (C=O) groups excluding carboxylic acids is 1. The predicted octanol–water partition coefficient (Wildman–Crippen LogP) is 0.689. The number of phenols is 1. The van der Waals surface area contributed by atoms with Crippen molar-refractivity contribution in [3.05, 3.63) is 23.3 Å². The summed E-state index contributed by atoms with van der Waals surface area (Å²) in [6.07, 6.45) is 0.486. The molecular weight excluding hydrogens is 210 g/mol. The van der Waals surface area contributed by atoms with E-state index in [2.05, 4.69) is 4.74 Å². The van der Waals surface area contributed by atoms with Gasteiger partial charge in [-0.15, -0.1) is 0 Å². The lowest BCUT2D eigenvalue weighted by Crippen LogP contribution is -2.08. The number of esters is 1. The number of nitrogens with two attached hydrogens (primary N) is 1. The first-order chi connectivity index (χ1) is 7.63. The molecule has 0 spiro atoms. The van der Waals surface area contributed by atoms with E-state index in [-0.39, 0.29) is 17.1 Å². The van der Waals surface area contributed by atoms with Crippen LogP contribution in [0.1, 0.15) is 15.9 Å². The van der Waals surface area contributed by atoms with Gasteiger partial charge in [0, 0.05) is 6.07 Å². The zero-order valence-electron chi connectivity index (χ0n) is 9.32. The van der Waals surface area contributed by atoms with Crippen LogP contribution >= 0.6 is 0 Å². The Labute approximate surface area is 93.8 Å². The zero-order chi connectivity index (χ0) is 12.1. The third kappa shape index (κ3) is 2.43. The summed E-state index contributed by atoms with van der Waals surface area (Å²) in [4.78, 5) is 11.4. The number of hydrogen-bond acceptors (Lipinski definition) is 5. The smallest absolute Gasteiger partial charge is 0.341 e. The molecule has 3 N–H and O–H groups in total. The number of benzene rings is 1. The Kier molecular flexibility index (Phi) is 4.13. The van der Waals surface area contributed by atoms with Crippen molar-refractivity contribution in [2.75, 3.05) is 20.8 Å². The molecule has 0 aliphatic carbocycles. The zero-order valence-corrected chi connectivity index (χ0v) is 9.32. The summed E-state index contributed by atoms with van der Waals surface area (Å²) in [5, 5.41) is 9.64. The fourth-order valence-electron chi connectivity index (χ4n) is 1.41. The molecule has 0 aromatic heterocycles. The molecule has 1 aromatic carbocycles. The highest BCUT2D eigenvalue weighted by molar-refractivity contribution is 5.93. The van der Waals surface area contributed by atoms with Crippen LogP contribution in [0, 0.1) is 0 Å². The maximum atomic E-state index is 11.4. The number of rotatable bonds is 4. The SMILES string of the molecule is COC(=O)c1cc(CCN)c(O)cc1OC. The number of aromatic hydroxyl groups is 1. The van der Waals surface area contributed by atoms with E-state index in [1.807, 2.05) is 0 Å². The fraction of sp³-hybridized carbons (Fsp3) is 0.364. The van der Waals surface area contributed by atoms with Crippen molar-refractivity contribution in [2.45, 2.75) is 6.42 Å². The number of hydrogen-bond donors (Lipinski definition) is 2. The van der Waals surface area contributed by atoms with Gasteiger partial charge >= 0.3 is 5.97 Å². The molecule has 1 rings (SSSR count). The molecule has 88 valence electrons. The van der Waals surface area contributed by atoms with Gasteiger partial charge in [0.2, 0.25) is 0 Å². The maximum absolute atomic E-state index is 11.4. The van der Waals surface area contributed by atoms with E-state index in [0.29, 0.717) is 18.5 Å². The van der Waals surface area contributed by atoms with Crippen molar-refractivity contribution < 1.29 is 19.4 Å². The third-order valence-corrected chi connectivity index (χ3v) is 2.22. The molecule has 5 nitrogen and oxygen atoms in total. The van der Waals surface area contributed by atoms with Crippen molar-refractivity contribution in [3.8, 4) is 11.5 Å². The molecule has 0 atom stereocenters. The van der Waals surface area contributed by atoms with E-state index in [0.717, 1.165) is 0 Å². The number of carbonyl (C=O) groups is 1. The second-order valence-electron chi connectivity index (χ2n) is 3.21. The van der Waals surface area contributed by atoms with Crippen LogP contribution in [0.2, 0.25) is 0 Å². The molecule has 0 amide bonds. The molecular formula is C11H15NO4. The van der Waals surface area contributed by atoms with Gasteiger partial charge in [-0.1, -0.05) is 0 Å². The molecule has 0 aliphatic heterocycles. The van der Waals surface area contributed by atoms with Crippen LogP contribution in [0.4, 0.5) is 0 Å². The molecule has 0 bridgehead atoms. The summed E-state index contributed by atoms with van der Waals surface area (Å²) in [7, 11) is 2.71. The van der Waals surface area contributed by atoms with Crippen LogP contribution in [-0.4, -0.2) is 31.8 Å². The van der Waals surface area contributed by atoms with E-state index in [1.54, 1.807) is 0 Å². The highest BCUT2D eigenvalue weighted by Crippen LogP contribution is 2.28. The fourth-order valence-corrected chi connectivity index (χ4v) is 1.41.